The van der Waals surface area contributed by atoms with Crippen LogP contribution < -0.4 is 25.4 Å². The molecule has 16 heteroatoms. The molecule has 4 aromatic heterocycles. The zero-order chi connectivity index (χ0) is 44.0. The van der Waals surface area contributed by atoms with Crippen molar-refractivity contribution in [3.63, 3.8) is 0 Å². The van der Waals surface area contributed by atoms with Crippen molar-refractivity contribution in [2.75, 3.05) is 48.8 Å². The molecule has 64 heavy (non-hydrogen) atoms. The number of anilines is 3. The first-order valence-corrected chi connectivity index (χ1v) is 22.0. The van der Waals surface area contributed by atoms with Crippen LogP contribution in [0, 0.1) is 5.92 Å². The number of piperidine rings is 2. The van der Waals surface area contributed by atoms with Crippen LogP contribution in [0.5, 0.6) is 17.2 Å². The Bertz CT molecular complexity index is 2700. The standard InChI is InChI=1S/C48H53N12O4/c1-3-35-26-54-60-41(23-42(55-46(35)60)58-20-8-7-11-37(58)18-21-61)51-25-34-22-40(27-50-24-34)63-30-32(2)48(62)57-19-9-10-33(28-57)29-59-47-43(45(49)52-31-53-47)44(56-59)36-14-16-39(17-15-36)64-38-12-5-4-6-13-38/h4-6,12-17,22-24,26-27,29,31,33,37,51,61H,2-3,7-11,18-21,25,28,30H2,1H3,(H2,49,52,53)/q+1/b59-29+/t33?,37-/m0/s1. The second kappa shape index (κ2) is 19.0. The molecule has 2 atom stereocenters. The van der Waals surface area contributed by atoms with Crippen molar-refractivity contribution in [2.45, 2.75) is 64.5 Å². The number of carbonyl (C=O) groups is 1. The van der Waals surface area contributed by atoms with Gasteiger partial charge in [0.15, 0.2) is 5.65 Å². The van der Waals surface area contributed by atoms with Crippen LogP contribution in [0.1, 0.15) is 67.7 Å². The SMILES string of the molecule is C=C(COc1cncc(CNc2cc(N3CCCC[C@H]3CCO)nc3c(CC)cnn23)c1)C(=O)N1CCCC(/C=[N+]2/N=C(c3ccc(Oc4ccccc4)cc3)c3c(N)ncnc32)C1. The number of aromatic nitrogens is 6. The molecule has 328 valence electrons. The van der Waals surface area contributed by atoms with Gasteiger partial charge in [0, 0.05) is 73.7 Å². The van der Waals surface area contributed by atoms with Gasteiger partial charge in [0.2, 0.25) is 6.33 Å². The zero-order valence-corrected chi connectivity index (χ0v) is 36.0. The number of ether oxygens (including phenoxy) is 2. The number of aryl methyl sites for hydroxylation is 1. The molecular formula is C48H53N12O4+. The van der Waals surface area contributed by atoms with Gasteiger partial charge in [-0.05, 0) is 98.0 Å². The Labute approximate surface area is 371 Å². The van der Waals surface area contributed by atoms with Crippen LogP contribution in [-0.2, 0) is 17.8 Å². The van der Waals surface area contributed by atoms with Crippen molar-refractivity contribution in [2.24, 2.45) is 11.0 Å². The summed E-state index contributed by atoms with van der Waals surface area (Å²) in [6.45, 7) is 8.85. The van der Waals surface area contributed by atoms with E-state index in [1.165, 1.54) is 6.33 Å². The molecular weight excluding hydrogens is 809 g/mol. The average Bonchev–Trinajstić information content (AvgIpc) is 3.93. The highest BCUT2D eigenvalue weighted by Crippen LogP contribution is 2.33. The number of nitrogen functional groups attached to an aromatic ring is 1. The summed E-state index contributed by atoms with van der Waals surface area (Å²) >= 11 is 0. The topological polar surface area (TPSA) is 185 Å². The van der Waals surface area contributed by atoms with Crippen LogP contribution in [0.15, 0.2) is 109 Å². The Balaban J connectivity index is 0.834. The Morgan fingerprint density at radius 3 is 2.67 bits per heavy atom. The second-order valence-electron chi connectivity index (χ2n) is 16.4. The largest absolute Gasteiger partial charge is 0.487 e. The molecule has 3 aliphatic heterocycles. The minimum absolute atomic E-state index is 0.00317. The smallest absolute Gasteiger partial charge is 0.363 e. The number of pyridine rings is 1. The summed E-state index contributed by atoms with van der Waals surface area (Å²) in [4.78, 5) is 36.2. The number of benzene rings is 2. The molecule has 6 aromatic rings. The molecule has 0 bridgehead atoms. The highest BCUT2D eigenvalue weighted by molar-refractivity contribution is 6.18. The van der Waals surface area contributed by atoms with Crippen molar-refractivity contribution in [1.82, 2.24) is 34.4 Å². The number of aliphatic hydroxyl groups is 1. The van der Waals surface area contributed by atoms with E-state index in [1.807, 2.05) is 88.6 Å². The number of hydrazone groups is 1. The number of hydrogen-bond acceptors (Lipinski definition) is 13. The second-order valence-corrected chi connectivity index (χ2v) is 16.4. The van der Waals surface area contributed by atoms with Crippen molar-refractivity contribution in [3.8, 4) is 17.2 Å². The minimum Gasteiger partial charge on any atom is -0.487 e. The maximum Gasteiger partial charge on any atom is 0.363 e. The molecule has 2 fully saturated rings. The minimum atomic E-state index is -0.155. The first kappa shape index (κ1) is 42.1. The number of amides is 1. The third-order valence-electron chi connectivity index (χ3n) is 12.0. The van der Waals surface area contributed by atoms with Crippen LogP contribution in [0.3, 0.4) is 0 Å². The number of nitrogens with zero attached hydrogens (tertiary/aromatic N) is 10. The number of likely N-dealkylation sites (tertiary alicyclic amines) is 1. The van der Waals surface area contributed by atoms with Crippen molar-refractivity contribution >= 4 is 46.8 Å². The van der Waals surface area contributed by atoms with Crippen LogP contribution in [-0.4, -0.2) is 101 Å². The Morgan fingerprint density at radius 1 is 1.00 bits per heavy atom. The predicted octanol–water partition coefficient (Wildman–Crippen LogP) is 6.56. The van der Waals surface area contributed by atoms with Crippen molar-refractivity contribution < 1.29 is 24.1 Å². The lowest BCUT2D eigenvalue weighted by molar-refractivity contribution is -0.442. The molecule has 1 amide bonds. The maximum atomic E-state index is 13.8. The lowest BCUT2D eigenvalue weighted by atomic mass is 9.98. The Hall–Kier alpha value is -7.20. The first-order chi connectivity index (χ1) is 31.3. The number of carbonyl (C=O) groups excluding carboxylic acids is 1. The van der Waals surface area contributed by atoms with Crippen LogP contribution in [0.4, 0.5) is 23.3 Å². The zero-order valence-electron chi connectivity index (χ0n) is 36.0. The van der Waals surface area contributed by atoms with E-state index >= 15 is 0 Å². The first-order valence-electron chi connectivity index (χ1n) is 22.0. The van der Waals surface area contributed by atoms with Crippen LogP contribution in [0.25, 0.3) is 5.65 Å². The highest BCUT2D eigenvalue weighted by atomic mass is 16.5. The van der Waals surface area contributed by atoms with E-state index < -0.39 is 0 Å². The highest BCUT2D eigenvalue weighted by Gasteiger charge is 2.35. The Morgan fingerprint density at radius 2 is 1.84 bits per heavy atom. The van der Waals surface area contributed by atoms with Crippen molar-refractivity contribution in [1.29, 1.82) is 0 Å². The number of nitrogens with two attached hydrogens (primary N) is 1. The lowest BCUT2D eigenvalue weighted by Crippen LogP contribution is -2.42. The van der Waals surface area contributed by atoms with E-state index in [1.54, 1.807) is 17.1 Å². The monoisotopic (exact) mass is 861 g/mol. The number of rotatable bonds is 15. The fourth-order valence-corrected chi connectivity index (χ4v) is 8.68. The van der Waals surface area contributed by atoms with E-state index in [0.29, 0.717) is 66.0 Å². The summed E-state index contributed by atoms with van der Waals surface area (Å²) in [6, 6.07) is 21.5. The van der Waals surface area contributed by atoms with Gasteiger partial charge < -0.3 is 35.4 Å². The van der Waals surface area contributed by atoms with Gasteiger partial charge in [0.25, 0.3) is 5.91 Å². The van der Waals surface area contributed by atoms with Crippen LogP contribution >= 0.6 is 0 Å². The molecule has 1 unspecified atom stereocenters. The number of hydrogen-bond donors (Lipinski definition) is 3. The van der Waals surface area contributed by atoms with Crippen molar-refractivity contribution in [3.05, 3.63) is 126 Å². The number of aliphatic hydroxyl groups excluding tert-OH is 1. The molecule has 4 N–H and O–H groups in total. The average molecular weight is 862 g/mol. The molecule has 7 heterocycles. The summed E-state index contributed by atoms with van der Waals surface area (Å²) in [6.07, 6.45) is 15.2. The molecule has 0 spiro atoms. The van der Waals surface area contributed by atoms with Gasteiger partial charge in [0.1, 0.15) is 58.8 Å². The molecule has 3 aliphatic rings. The van der Waals surface area contributed by atoms with E-state index in [-0.39, 0.29) is 31.1 Å². The molecule has 0 saturated carbocycles. The lowest BCUT2D eigenvalue weighted by Gasteiger charge is -2.36. The van der Waals surface area contributed by atoms with Gasteiger partial charge in [-0.1, -0.05) is 36.8 Å². The summed E-state index contributed by atoms with van der Waals surface area (Å²) in [5.74, 6) is 4.46. The Kier molecular flexibility index (Phi) is 12.5. The number of fused-ring (bicyclic) bond motifs is 2. The summed E-state index contributed by atoms with van der Waals surface area (Å²) in [7, 11) is 0. The normalized spacial score (nSPS) is 17.9. The van der Waals surface area contributed by atoms with Gasteiger partial charge in [-0.25, -0.2) is 4.98 Å². The summed E-state index contributed by atoms with van der Waals surface area (Å²) < 4.78 is 15.7. The molecule has 2 aromatic carbocycles. The quantitative estimate of drug-likeness (QED) is 0.0748. The van der Waals surface area contributed by atoms with Gasteiger partial charge in [0.05, 0.1) is 12.4 Å². The fraction of sp³-hybridized carbons (Fsp3) is 0.333. The molecule has 9 rings (SSSR count). The van der Waals surface area contributed by atoms with Gasteiger partial charge in [-0.2, -0.15) is 14.6 Å². The van der Waals surface area contributed by atoms with Crippen LogP contribution in [0.2, 0.25) is 0 Å². The number of para-hydroxylation sites is 1. The molecule has 2 saturated heterocycles. The van der Waals surface area contributed by atoms with Gasteiger partial charge in [-0.15, -0.1) is 4.68 Å². The third-order valence-corrected chi connectivity index (χ3v) is 12.0. The van der Waals surface area contributed by atoms with E-state index in [9.17, 15) is 9.90 Å². The summed E-state index contributed by atoms with van der Waals surface area (Å²) in [5, 5.41) is 22.9. The van der Waals surface area contributed by atoms with E-state index in [2.05, 4.69) is 43.8 Å². The van der Waals surface area contributed by atoms with Gasteiger partial charge in [-0.3, -0.25) is 9.78 Å². The molecule has 0 radical (unpaired) electrons. The number of nitrogens with one attached hydrogen (secondary N) is 1. The molecule has 0 aliphatic carbocycles. The maximum absolute atomic E-state index is 13.8. The third kappa shape index (κ3) is 9.13. The molecule has 16 nitrogen and oxygen atoms in total. The fourth-order valence-electron chi connectivity index (χ4n) is 8.68. The predicted molar refractivity (Wildman–Crippen MR) is 246 cm³/mol. The van der Waals surface area contributed by atoms with Gasteiger partial charge >= 0.3 is 5.82 Å². The van der Waals surface area contributed by atoms with E-state index in [4.69, 9.17) is 25.3 Å². The summed E-state index contributed by atoms with van der Waals surface area (Å²) in [5.41, 5.74) is 11.7. The van der Waals surface area contributed by atoms with E-state index in [0.717, 1.165) is 84.8 Å².